The maximum atomic E-state index is 12.4. The van der Waals surface area contributed by atoms with Gasteiger partial charge in [0.2, 0.25) is 0 Å². The van der Waals surface area contributed by atoms with E-state index in [4.69, 9.17) is 35.0 Å². The number of methoxy groups -OCH3 is 2. The third-order valence-corrected chi connectivity index (χ3v) is 6.69. The van der Waals surface area contributed by atoms with Crippen LogP contribution in [-0.2, 0) is 14.3 Å². The molecule has 0 radical (unpaired) electrons. The summed E-state index contributed by atoms with van der Waals surface area (Å²) in [7, 11) is 2.54. The van der Waals surface area contributed by atoms with E-state index in [0.29, 0.717) is 46.5 Å². The van der Waals surface area contributed by atoms with Gasteiger partial charge in [-0.3, -0.25) is 5.43 Å². The third kappa shape index (κ3) is 7.49. The van der Waals surface area contributed by atoms with Gasteiger partial charge in [0.05, 0.1) is 49.2 Å². The van der Waals surface area contributed by atoms with Gasteiger partial charge in [0.15, 0.2) is 17.7 Å². The fraction of sp³-hybridized carbons (Fsp3) is 0.267. The molecule has 1 aliphatic heterocycles. The van der Waals surface area contributed by atoms with Crippen LogP contribution in [0, 0.1) is 0 Å². The lowest BCUT2D eigenvalue weighted by Gasteiger charge is -2.28. The van der Waals surface area contributed by atoms with E-state index in [1.807, 2.05) is 0 Å². The summed E-state index contributed by atoms with van der Waals surface area (Å²) in [5, 5.41) is 19.9. The molecule has 0 fully saturated rings. The number of aliphatic hydroxyl groups is 1. The number of rotatable bonds is 12. The van der Waals surface area contributed by atoms with E-state index >= 15 is 0 Å². The van der Waals surface area contributed by atoms with Gasteiger partial charge in [0, 0.05) is 11.3 Å². The number of nitrogens with one attached hydrogen (secondary N) is 3. The van der Waals surface area contributed by atoms with Gasteiger partial charge in [0.1, 0.15) is 18.1 Å². The highest BCUT2D eigenvalue weighted by atomic mass is 35.5. The summed E-state index contributed by atoms with van der Waals surface area (Å²) in [6.07, 6.45) is 0.180. The number of aliphatic hydroxyl groups excluding tert-OH is 1. The van der Waals surface area contributed by atoms with Crippen LogP contribution >= 0.6 is 11.6 Å². The smallest absolute Gasteiger partial charge is 0.339 e. The first-order valence-corrected chi connectivity index (χ1v) is 13.7. The number of urea groups is 1. The molecular weight excluding hydrogens is 596 g/mol. The Kier molecular flexibility index (Phi) is 10.5. The van der Waals surface area contributed by atoms with Crippen LogP contribution in [0.4, 0.5) is 4.79 Å². The molecule has 2 amide bonds. The summed E-state index contributed by atoms with van der Waals surface area (Å²) in [4.78, 5) is 36.3. The number of hydrazone groups is 1. The molecule has 0 unspecified atom stereocenters. The van der Waals surface area contributed by atoms with Gasteiger partial charge in [0.25, 0.3) is 0 Å². The van der Waals surface area contributed by atoms with Crippen LogP contribution in [0.2, 0.25) is 5.02 Å². The topological polar surface area (TPSA) is 170 Å². The zero-order chi connectivity index (χ0) is 31.8. The first-order chi connectivity index (χ1) is 21.1. The molecule has 2 heterocycles. The van der Waals surface area contributed by atoms with Crippen molar-refractivity contribution in [2.45, 2.75) is 26.1 Å². The minimum atomic E-state index is -1.19. The van der Waals surface area contributed by atoms with E-state index in [-0.39, 0.29) is 22.8 Å². The number of halogens is 1. The van der Waals surface area contributed by atoms with Crippen LogP contribution in [0.15, 0.2) is 69.3 Å². The van der Waals surface area contributed by atoms with E-state index < -0.39 is 30.2 Å². The Hall–Kier alpha value is -5.01. The Balaban J connectivity index is 1.38. The molecule has 4 rings (SSSR count). The molecule has 2 atom stereocenters. The fourth-order valence-electron chi connectivity index (χ4n) is 4.33. The number of nitrogens with zero attached hydrogens (tertiary/aromatic N) is 1. The quantitative estimate of drug-likeness (QED) is 0.100. The summed E-state index contributed by atoms with van der Waals surface area (Å²) in [5.41, 5.74) is 4.64. The van der Waals surface area contributed by atoms with Gasteiger partial charge in [-0.2, -0.15) is 5.10 Å². The maximum absolute atomic E-state index is 12.4. The highest BCUT2D eigenvalue weighted by molar-refractivity contribution is 6.33. The van der Waals surface area contributed by atoms with Crippen LogP contribution < -0.4 is 25.5 Å². The summed E-state index contributed by atoms with van der Waals surface area (Å²) < 4.78 is 26.8. The van der Waals surface area contributed by atoms with Crippen molar-refractivity contribution in [3.8, 4) is 22.8 Å². The third-order valence-electron chi connectivity index (χ3n) is 6.37. The number of ether oxygens (including phenoxy) is 4. The van der Waals surface area contributed by atoms with Crippen molar-refractivity contribution in [1.29, 1.82) is 0 Å². The molecule has 0 bridgehead atoms. The van der Waals surface area contributed by atoms with Crippen LogP contribution in [0.5, 0.6) is 11.5 Å². The summed E-state index contributed by atoms with van der Waals surface area (Å²) >= 11 is 6.19. The monoisotopic (exact) mass is 626 g/mol. The van der Waals surface area contributed by atoms with E-state index in [1.54, 1.807) is 62.4 Å². The summed E-state index contributed by atoms with van der Waals surface area (Å²) in [5.74, 6) is 0.435. The molecular formula is C30H31ClN4O9. The highest BCUT2D eigenvalue weighted by Crippen LogP contribution is 2.35. The normalized spacial score (nSPS) is 15.3. The zero-order valence-electron chi connectivity index (χ0n) is 24.3. The number of esters is 2. The molecule has 1 aliphatic rings. The Morgan fingerprint density at radius 2 is 1.86 bits per heavy atom. The number of amides is 2. The number of carbonyl (C=O) groups excluding carboxylic acids is 3. The van der Waals surface area contributed by atoms with Crippen molar-refractivity contribution >= 4 is 35.8 Å². The first kappa shape index (κ1) is 31.9. The molecule has 0 aliphatic carbocycles. The lowest BCUT2D eigenvalue weighted by molar-refractivity contribution is -0.136. The fourth-order valence-corrected chi connectivity index (χ4v) is 4.59. The van der Waals surface area contributed by atoms with Gasteiger partial charge in [-0.1, -0.05) is 23.7 Å². The van der Waals surface area contributed by atoms with Crippen molar-refractivity contribution in [1.82, 2.24) is 16.1 Å². The average Bonchev–Trinajstić information content (AvgIpc) is 3.48. The van der Waals surface area contributed by atoms with E-state index in [9.17, 15) is 19.5 Å². The van der Waals surface area contributed by atoms with E-state index in [2.05, 4.69) is 21.2 Å². The molecule has 0 saturated heterocycles. The van der Waals surface area contributed by atoms with Gasteiger partial charge < -0.3 is 39.1 Å². The highest BCUT2D eigenvalue weighted by Gasteiger charge is 2.32. The van der Waals surface area contributed by atoms with E-state index in [0.717, 1.165) is 0 Å². The minimum Gasteiger partial charge on any atom is -0.490 e. The van der Waals surface area contributed by atoms with Gasteiger partial charge >= 0.3 is 18.0 Å². The molecule has 0 spiro atoms. The summed E-state index contributed by atoms with van der Waals surface area (Å²) in [6, 6.07) is 11.9. The lowest BCUT2D eigenvalue weighted by Crippen LogP contribution is -2.45. The molecule has 232 valence electrons. The maximum Gasteiger partial charge on any atom is 0.339 e. The van der Waals surface area contributed by atoms with Crippen LogP contribution in [-0.4, -0.2) is 63.0 Å². The number of benzene rings is 2. The van der Waals surface area contributed by atoms with Gasteiger partial charge in [-0.15, -0.1) is 0 Å². The number of furan rings is 1. The Morgan fingerprint density at radius 3 is 2.57 bits per heavy atom. The SMILES string of the molecule is CCOc1cc([C@@H]2NC(=O)NC(C)=C2C(=O)OC)ccc1OC[C@H](O)N/N=C\c1ccc(-c2ccc(C(=O)OC)c(Cl)c2)o1. The Labute approximate surface area is 257 Å². The first-order valence-electron chi connectivity index (χ1n) is 13.4. The number of hydrogen-bond donors (Lipinski definition) is 4. The van der Waals surface area contributed by atoms with Crippen molar-refractivity contribution in [2.75, 3.05) is 27.4 Å². The Bertz CT molecular complexity index is 1600. The molecule has 0 saturated carbocycles. The molecule has 14 heteroatoms. The van der Waals surface area contributed by atoms with Crippen LogP contribution in [0.1, 0.15) is 41.6 Å². The van der Waals surface area contributed by atoms with Crippen LogP contribution in [0.25, 0.3) is 11.3 Å². The second kappa shape index (κ2) is 14.4. The van der Waals surface area contributed by atoms with Crippen molar-refractivity contribution in [3.05, 3.63) is 81.7 Å². The second-order valence-electron chi connectivity index (χ2n) is 9.30. The molecule has 4 N–H and O–H groups in total. The molecule has 44 heavy (non-hydrogen) atoms. The van der Waals surface area contributed by atoms with Crippen molar-refractivity contribution in [3.63, 3.8) is 0 Å². The standard InChI is InChI=1S/C30H31ClN4O9/c1-5-42-24-13-18(27-26(29(38)41-4)16(2)33-30(39)34-27)7-10-23(24)43-15-25(36)35-32-14-19-8-11-22(44-19)17-6-9-20(21(31)12-17)28(37)40-3/h6-14,25,27,35-36H,5,15H2,1-4H3,(H2,33,34,39)/b32-14-/t25-,27-/m0/s1. The molecule has 3 aromatic rings. The molecule has 1 aromatic heterocycles. The second-order valence-corrected chi connectivity index (χ2v) is 9.71. The number of hydrogen-bond acceptors (Lipinski definition) is 11. The minimum absolute atomic E-state index is 0.193. The lowest BCUT2D eigenvalue weighted by atomic mass is 9.95. The average molecular weight is 627 g/mol. The summed E-state index contributed by atoms with van der Waals surface area (Å²) in [6.45, 7) is 3.53. The number of allylic oxidation sites excluding steroid dienone is 1. The zero-order valence-corrected chi connectivity index (χ0v) is 25.1. The molecule has 2 aromatic carbocycles. The van der Waals surface area contributed by atoms with E-state index in [1.165, 1.54) is 20.4 Å². The van der Waals surface area contributed by atoms with Gasteiger partial charge in [-0.25, -0.2) is 14.4 Å². The van der Waals surface area contributed by atoms with Crippen LogP contribution in [0.3, 0.4) is 0 Å². The Morgan fingerprint density at radius 1 is 1.09 bits per heavy atom. The molecule has 13 nitrogen and oxygen atoms in total. The number of carbonyl (C=O) groups is 3. The van der Waals surface area contributed by atoms with Crippen molar-refractivity contribution in [2.24, 2.45) is 5.10 Å². The van der Waals surface area contributed by atoms with Crippen molar-refractivity contribution < 1.29 is 42.9 Å². The van der Waals surface area contributed by atoms with Gasteiger partial charge in [-0.05, 0) is 55.8 Å². The predicted molar refractivity (Wildman–Crippen MR) is 159 cm³/mol. The largest absolute Gasteiger partial charge is 0.490 e. The predicted octanol–water partition coefficient (Wildman–Crippen LogP) is 3.91.